The summed E-state index contributed by atoms with van der Waals surface area (Å²) in [6.45, 7) is 7.38. The van der Waals surface area contributed by atoms with Gasteiger partial charge < -0.3 is 15.0 Å². The predicted molar refractivity (Wildman–Crippen MR) is 158 cm³/mol. The average molecular weight is 607 g/mol. The molecule has 0 radical (unpaired) electrons. The second-order valence-corrected chi connectivity index (χ2v) is 11.8. The van der Waals surface area contributed by atoms with Gasteiger partial charge in [0, 0.05) is 13.1 Å². The minimum Gasteiger partial charge on any atom is -0.494 e. The lowest BCUT2D eigenvalue weighted by Gasteiger charge is -2.32. The van der Waals surface area contributed by atoms with Crippen LogP contribution in [-0.2, 0) is 26.2 Å². The number of rotatable bonds is 12. The maximum absolute atomic E-state index is 13.9. The molecule has 0 bridgehead atoms. The first-order chi connectivity index (χ1) is 19.0. The number of amides is 2. The first-order valence-corrected chi connectivity index (χ1v) is 15.0. The summed E-state index contributed by atoms with van der Waals surface area (Å²) in [6, 6.07) is 16.9. The van der Waals surface area contributed by atoms with Crippen LogP contribution in [0.4, 0.5) is 5.69 Å². The first-order valence-electron chi connectivity index (χ1n) is 12.8. The van der Waals surface area contributed by atoms with Gasteiger partial charge in [0.2, 0.25) is 11.8 Å². The summed E-state index contributed by atoms with van der Waals surface area (Å²) >= 11 is 12.3. The van der Waals surface area contributed by atoms with Crippen LogP contribution in [0.25, 0.3) is 0 Å². The highest BCUT2D eigenvalue weighted by Gasteiger charge is 2.32. The number of nitrogens with one attached hydrogen (secondary N) is 1. The topological polar surface area (TPSA) is 96.0 Å². The van der Waals surface area contributed by atoms with Gasteiger partial charge in [0.05, 0.1) is 27.2 Å². The Morgan fingerprint density at radius 1 is 0.950 bits per heavy atom. The van der Waals surface area contributed by atoms with E-state index >= 15 is 0 Å². The number of carbonyl (C=O) groups excluding carboxylic acids is 2. The van der Waals surface area contributed by atoms with Crippen LogP contribution in [0.2, 0.25) is 10.0 Å². The van der Waals surface area contributed by atoms with Crippen molar-refractivity contribution < 1.29 is 22.7 Å². The number of halogens is 2. The molecule has 8 nitrogen and oxygen atoms in total. The third-order valence-electron chi connectivity index (χ3n) is 6.18. The summed E-state index contributed by atoms with van der Waals surface area (Å²) in [7, 11) is -4.18. The van der Waals surface area contributed by atoms with Crippen LogP contribution >= 0.6 is 23.2 Å². The van der Waals surface area contributed by atoms with Crippen LogP contribution in [0.15, 0.2) is 71.6 Å². The third kappa shape index (κ3) is 7.68. The molecule has 214 valence electrons. The minimum atomic E-state index is -4.18. The molecule has 1 atom stereocenters. The van der Waals surface area contributed by atoms with E-state index in [-0.39, 0.29) is 17.3 Å². The highest BCUT2D eigenvalue weighted by molar-refractivity contribution is 7.92. The zero-order valence-corrected chi connectivity index (χ0v) is 25.2. The van der Waals surface area contributed by atoms with Crippen molar-refractivity contribution >= 4 is 50.7 Å². The van der Waals surface area contributed by atoms with E-state index in [1.54, 1.807) is 68.4 Å². The van der Waals surface area contributed by atoms with Crippen molar-refractivity contribution in [1.82, 2.24) is 10.2 Å². The second kappa shape index (κ2) is 13.9. The summed E-state index contributed by atoms with van der Waals surface area (Å²) in [5.41, 5.74) is 1.88. The van der Waals surface area contributed by atoms with Gasteiger partial charge in [0.1, 0.15) is 18.3 Å². The Labute approximate surface area is 245 Å². The number of carbonyl (C=O) groups is 2. The van der Waals surface area contributed by atoms with Crippen molar-refractivity contribution in [3.63, 3.8) is 0 Å². The number of likely N-dealkylation sites (N-methyl/N-ethyl adjacent to an activating group) is 1. The first kappa shape index (κ1) is 31.3. The molecule has 0 heterocycles. The van der Waals surface area contributed by atoms with Gasteiger partial charge in [-0.3, -0.25) is 13.9 Å². The summed E-state index contributed by atoms with van der Waals surface area (Å²) in [4.78, 5) is 28.0. The zero-order valence-electron chi connectivity index (χ0n) is 22.9. The molecule has 3 aromatic carbocycles. The van der Waals surface area contributed by atoms with E-state index in [1.807, 2.05) is 13.8 Å². The maximum atomic E-state index is 13.9. The highest BCUT2D eigenvalue weighted by atomic mass is 35.5. The normalized spacial score (nSPS) is 11.9. The van der Waals surface area contributed by atoms with E-state index < -0.39 is 28.5 Å². The van der Waals surface area contributed by atoms with Crippen molar-refractivity contribution in [3.05, 3.63) is 87.9 Å². The van der Waals surface area contributed by atoms with E-state index in [2.05, 4.69) is 5.32 Å². The van der Waals surface area contributed by atoms with Gasteiger partial charge in [-0.25, -0.2) is 8.42 Å². The molecule has 40 heavy (non-hydrogen) atoms. The van der Waals surface area contributed by atoms with Crippen LogP contribution in [0.5, 0.6) is 5.75 Å². The second-order valence-electron chi connectivity index (χ2n) is 9.09. The molecule has 0 aromatic heterocycles. The number of hydrogen-bond donors (Lipinski definition) is 1. The van der Waals surface area contributed by atoms with Crippen molar-refractivity contribution in [3.8, 4) is 5.75 Å². The van der Waals surface area contributed by atoms with Crippen molar-refractivity contribution in [2.75, 3.05) is 24.0 Å². The molecule has 0 aliphatic rings. The van der Waals surface area contributed by atoms with Crippen molar-refractivity contribution in [2.45, 2.75) is 45.2 Å². The number of anilines is 1. The number of sulfonamides is 1. The standard InChI is InChI=1S/C29H33Cl2N3O5S/c1-5-32-29(36)21(4)33(18-22-9-16-26(30)27(31)17-22)28(35)19-34(23-10-7-20(3)8-11-23)40(37,38)25-14-12-24(13-15-25)39-6-2/h7-17,21H,5-6,18-19H2,1-4H3,(H,32,36). The molecular formula is C29H33Cl2N3O5S. The van der Waals surface area contributed by atoms with E-state index in [0.29, 0.717) is 40.2 Å². The number of benzene rings is 3. The molecule has 0 aliphatic carbocycles. The Kier molecular flexibility index (Phi) is 10.8. The van der Waals surface area contributed by atoms with Crippen LogP contribution < -0.4 is 14.4 Å². The zero-order chi connectivity index (χ0) is 29.4. The summed E-state index contributed by atoms with van der Waals surface area (Å²) in [5.74, 6) is -0.407. The van der Waals surface area contributed by atoms with E-state index in [4.69, 9.17) is 27.9 Å². The average Bonchev–Trinajstić information content (AvgIpc) is 2.93. The van der Waals surface area contributed by atoms with Gasteiger partial charge in [0.25, 0.3) is 10.0 Å². The predicted octanol–water partition coefficient (Wildman–Crippen LogP) is 5.45. The smallest absolute Gasteiger partial charge is 0.264 e. The fourth-order valence-electron chi connectivity index (χ4n) is 3.98. The van der Waals surface area contributed by atoms with Crippen LogP contribution in [0.1, 0.15) is 31.9 Å². The number of ether oxygens (including phenoxy) is 1. The number of nitrogens with zero attached hydrogens (tertiary/aromatic N) is 2. The monoisotopic (exact) mass is 605 g/mol. The Morgan fingerprint density at radius 2 is 1.60 bits per heavy atom. The van der Waals surface area contributed by atoms with Crippen molar-refractivity contribution in [2.24, 2.45) is 0 Å². The Balaban J connectivity index is 2.02. The van der Waals surface area contributed by atoms with Crippen LogP contribution in [0.3, 0.4) is 0 Å². The third-order valence-corrected chi connectivity index (χ3v) is 8.71. The molecule has 2 amide bonds. The summed E-state index contributed by atoms with van der Waals surface area (Å²) in [5, 5.41) is 3.38. The van der Waals surface area contributed by atoms with E-state index in [1.165, 1.54) is 17.0 Å². The molecule has 1 unspecified atom stereocenters. The minimum absolute atomic E-state index is 0.00265. The van der Waals surface area contributed by atoms with Crippen molar-refractivity contribution in [1.29, 1.82) is 0 Å². The van der Waals surface area contributed by atoms with Crippen LogP contribution in [-0.4, -0.2) is 50.9 Å². The fraction of sp³-hybridized carbons (Fsp3) is 0.310. The molecule has 1 N–H and O–H groups in total. The van der Waals surface area contributed by atoms with Crippen LogP contribution in [0, 0.1) is 6.92 Å². The molecule has 0 saturated heterocycles. The Hall–Kier alpha value is -3.27. The van der Waals surface area contributed by atoms with Gasteiger partial charge in [-0.05, 0) is 81.8 Å². The summed E-state index contributed by atoms with van der Waals surface area (Å²) in [6.07, 6.45) is 0. The lowest BCUT2D eigenvalue weighted by Crippen LogP contribution is -2.51. The molecule has 0 fully saturated rings. The van der Waals surface area contributed by atoms with Gasteiger partial charge in [-0.2, -0.15) is 0 Å². The number of aryl methyl sites for hydroxylation is 1. The maximum Gasteiger partial charge on any atom is 0.264 e. The Bertz CT molecular complexity index is 1430. The lowest BCUT2D eigenvalue weighted by molar-refractivity contribution is -0.139. The lowest BCUT2D eigenvalue weighted by atomic mass is 10.1. The highest BCUT2D eigenvalue weighted by Crippen LogP contribution is 2.27. The Morgan fingerprint density at radius 3 is 2.17 bits per heavy atom. The van der Waals surface area contributed by atoms with Gasteiger partial charge in [-0.1, -0.05) is 47.0 Å². The molecule has 11 heteroatoms. The van der Waals surface area contributed by atoms with E-state index in [9.17, 15) is 18.0 Å². The van der Waals surface area contributed by atoms with E-state index in [0.717, 1.165) is 9.87 Å². The quantitative estimate of drug-likeness (QED) is 0.296. The number of hydrogen-bond acceptors (Lipinski definition) is 5. The van der Waals surface area contributed by atoms with Gasteiger partial charge in [-0.15, -0.1) is 0 Å². The molecule has 0 spiro atoms. The molecule has 0 aliphatic heterocycles. The summed E-state index contributed by atoms with van der Waals surface area (Å²) < 4.78 is 34.3. The SMILES string of the molecule is CCNC(=O)C(C)N(Cc1ccc(Cl)c(Cl)c1)C(=O)CN(c1ccc(C)cc1)S(=O)(=O)c1ccc(OCC)cc1. The largest absolute Gasteiger partial charge is 0.494 e. The fourth-order valence-corrected chi connectivity index (χ4v) is 5.72. The molecule has 3 rings (SSSR count). The molecule has 0 saturated carbocycles. The van der Waals surface area contributed by atoms with Gasteiger partial charge >= 0.3 is 0 Å². The molecule has 3 aromatic rings. The van der Waals surface area contributed by atoms with Gasteiger partial charge in [0.15, 0.2) is 0 Å². The molecular weight excluding hydrogens is 573 g/mol.